The molecule has 12 heavy (non-hydrogen) atoms. The molecule has 0 aliphatic rings. The SMILES string of the molecule is C=CCN(C(C)=O)C(F)(F)F.[SiH4]. The molecular weight excluding hydrogens is 187 g/mol. The van der Waals surface area contributed by atoms with Gasteiger partial charge >= 0.3 is 6.30 Å². The molecule has 1 amide bonds. The van der Waals surface area contributed by atoms with Crippen LogP contribution in [0.1, 0.15) is 6.92 Å². The van der Waals surface area contributed by atoms with Gasteiger partial charge in [0.05, 0.1) is 0 Å². The quantitative estimate of drug-likeness (QED) is 0.350. The molecule has 0 N–H and O–H groups in total. The summed E-state index contributed by atoms with van der Waals surface area (Å²) < 4.78 is 35.4. The lowest BCUT2D eigenvalue weighted by Crippen LogP contribution is -2.41. The van der Waals surface area contributed by atoms with E-state index in [9.17, 15) is 18.0 Å². The zero-order valence-corrected chi connectivity index (χ0v) is 5.98. The predicted octanol–water partition coefficient (Wildman–Crippen LogP) is 0.0891. The van der Waals surface area contributed by atoms with Crippen molar-refractivity contribution >= 4 is 16.9 Å². The number of rotatable bonds is 2. The van der Waals surface area contributed by atoms with E-state index in [1.54, 1.807) is 0 Å². The van der Waals surface area contributed by atoms with Crippen LogP contribution in [-0.2, 0) is 4.79 Å². The number of amides is 1. The van der Waals surface area contributed by atoms with Crippen LogP contribution in [0.15, 0.2) is 12.7 Å². The molecule has 0 unspecified atom stereocenters. The molecule has 0 spiro atoms. The Hall–Kier alpha value is -0.783. The molecule has 0 saturated carbocycles. The fraction of sp³-hybridized carbons (Fsp3) is 0.500. The minimum atomic E-state index is -4.60. The van der Waals surface area contributed by atoms with E-state index in [1.165, 1.54) is 0 Å². The Morgan fingerprint density at radius 2 is 2.00 bits per heavy atom. The Kier molecular flexibility index (Phi) is 5.71. The van der Waals surface area contributed by atoms with Crippen LogP contribution in [0.3, 0.4) is 0 Å². The highest BCUT2D eigenvalue weighted by Crippen LogP contribution is 2.20. The van der Waals surface area contributed by atoms with Crippen molar-refractivity contribution in [3.8, 4) is 0 Å². The largest absolute Gasteiger partial charge is 0.487 e. The van der Waals surface area contributed by atoms with E-state index < -0.39 is 18.8 Å². The fourth-order valence-corrected chi connectivity index (χ4v) is 0.540. The average molecular weight is 199 g/mol. The second-order valence-corrected chi connectivity index (χ2v) is 1.89. The van der Waals surface area contributed by atoms with Crippen LogP contribution < -0.4 is 0 Å². The number of nitrogens with zero attached hydrogens (tertiary/aromatic N) is 1. The Balaban J connectivity index is 0. The van der Waals surface area contributed by atoms with Crippen molar-refractivity contribution in [2.75, 3.05) is 6.54 Å². The molecule has 72 valence electrons. The van der Waals surface area contributed by atoms with Crippen molar-refractivity contribution in [2.24, 2.45) is 0 Å². The summed E-state index contributed by atoms with van der Waals surface area (Å²) in [4.78, 5) is 10.1. The van der Waals surface area contributed by atoms with Crippen molar-refractivity contribution in [1.82, 2.24) is 4.90 Å². The van der Waals surface area contributed by atoms with Crippen LogP contribution in [0.4, 0.5) is 13.2 Å². The molecule has 0 aromatic heterocycles. The highest BCUT2D eigenvalue weighted by Gasteiger charge is 2.38. The summed E-state index contributed by atoms with van der Waals surface area (Å²) in [5.41, 5.74) is 0. The number of hydrogen-bond acceptors (Lipinski definition) is 1. The van der Waals surface area contributed by atoms with Gasteiger partial charge in [0.1, 0.15) is 0 Å². The molecule has 0 aliphatic carbocycles. The van der Waals surface area contributed by atoms with Gasteiger partial charge in [-0.25, -0.2) is 0 Å². The molecule has 0 radical (unpaired) electrons. The maximum Gasteiger partial charge on any atom is 0.487 e. The van der Waals surface area contributed by atoms with E-state index in [0.717, 1.165) is 13.0 Å². The van der Waals surface area contributed by atoms with E-state index in [4.69, 9.17) is 0 Å². The van der Waals surface area contributed by atoms with Crippen LogP contribution in [-0.4, -0.2) is 34.6 Å². The van der Waals surface area contributed by atoms with Gasteiger partial charge in [-0.1, -0.05) is 6.08 Å². The smallest absolute Gasteiger partial charge is 0.275 e. The second-order valence-electron chi connectivity index (χ2n) is 1.89. The normalized spacial score (nSPS) is 10.0. The second kappa shape index (κ2) is 4.97. The van der Waals surface area contributed by atoms with Crippen molar-refractivity contribution in [3.63, 3.8) is 0 Å². The highest BCUT2D eigenvalue weighted by atomic mass is 28.1. The van der Waals surface area contributed by atoms with Crippen molar-refractivity contribution in [3.05, 3.63) is 12.7 Å². The van der Waals surface area contributed by atoms with Crippen LogP contribution >= 0.6 is 0 Å². The standard InChI is InChI=1S/C6H8F3NO.H4Si/c1-3-4-10(5(2)11)6(7,8)9;/h3H,1,4H2,2H3;1H4. The number of hydrogen-bond donors (Lipinski definition) is 0. The van der Waals surface area contributed by atoms with Crippen LogP contribution in [0.2, 0.25) is 0 Å². The first kappa shape index (κ1) is 13.8. The molecule has 0 heterocycles. The minimum Gasteiger partial charge on any atom is -0.275 e. The molecule has 2 nitrogen and oxygen atoms in total. The number of alkyl halides is 3. The minimum absolute atomic E-state index is 0. The van der Waals surface area contributed by atoms with E-state index in [0.29, 0.717) is 0 Å². The Morgan fingerprint density at radius 3 is 2.08 bits per heavy atom. The lowest BCUT2D eigenvalue weighted by molar-refractivity contribution is -0.236. The van der Waals surface area contributed by atoms with Gasteiger partial charge in [-0.15, -0.1) is 19.8 Å². The molecule has 0 bridgehead atoms. The zero-order chi connectivity index (χ0) is 9.07. The van der Waals surface area contributed by atoms with Gasteiger partial charge in [0, 0.05) is 13.5 Å². The molecule has 0 aromatic carbocycles. The summed E-state index contributed by atoms with van der Waals surface area (Å²) in [7, 11) is 0. The molecule has 0 aliphatic heterocycles. The Bertz CT molecular complexity index is 169. The number of halogens is 3. The fourth-order valence-electron chi connectivity index (χ4n) is 0.540. The van der Waals surface area contributed by atoms with Gasteiger partial charge in [-0.05, 0) is 11.0 Å². The lowest BCUT2D eigenvalue weighted by Gasteiger charge is -2.21. The van der Waals surface area contributed by atoms with E-state index in [1.807, 2.05) is 0 Å². The first-order valence-corrected chi connectivity index (χ1v) is 2.85. The van der Waals surface area contributed by atoms with Crippen molar-refractivity contribution < 1.29 is 18.0 Å². The third-order valence-electron chi connectivity index (χ3n) is 0.998. The predicted molar refractivity (Wildman–Crippen MR) is 45.0 cm³/mol. The Labute approximate surface area is 73.1 Å². The van der Waals surface area contributed by atoms with Crippen LogP contribution in [0, 0.1) is 0 Å². The third-order valence-corrected chi connectivity index (χ3v) is 0.998. The molecule has 0 saturated heterocycles. The summed E-state index contributed by atoms with van der Waals surface area (Å²) in [6.45, 7) is 3.46. The van der Waals surface area contributed by atoms with Crippen LogP contribution in [0.5, 0.6) is 0 Å². The number of carbonyl (C=O) groups is 1. The molecule has 0 atom stereocenters. The van der Waals surface area contributed by atoms with Gasteiger partial charge in [0.25, 0.3) is 0 Å². The van der Waals surface area contributed by atoms with E-state index in [2.05, 4.69) is 6.58 Å². The van der Waals surface area contributed by atoms with Gasteiger partial charge in [0.15, 0.2) is 0 Å². The summed E-state index contributed by atoms with van der Waals surface area (Å²) in [5, 5.41) is 0. The first-order valence-electron chi connectivity index (χ1n) is 2.85. The Morgan fingerprint density at radius 1 is 1.58 bits per heavy atom. The molecule has 0 fully saturated rings. The maximum absolute atomic E-state index is 11.8. The molecular formula is C6H12F3NOSi. The van der Waals surface area contributed by atoms with E-state index in [-0.39, 0.29) is 15.9 Å². The lowest BCUT2D eigenvalue weighted by atomic mass is 10.5. The van der Waals surface area contributed by atoms with Gasteiger partial charge in [-0.2, -0.15) is 0 Å². The number of carbonyl (C=O) groups excluding carboxylic acids is 1. The zero-order valence-electron chi connectivity index (χ0n) is 5.98. The van der Waals surface area contributed by atoms with Gasteiger partial charge in [0.2, 0.25) is 5.91 Å². The first-order chi connectivity index (χ1) is 4.89. The van der Waals surface area contributed by atoms with Crippen LogP contribution in [0.25, 0.3) is 0 Å². The molecule has 0 rings (SSSR count). The summed E-state index contributed by atoms with van der Waals surface area (Å²) in [6, 6.07) is 0. The third kappa shape index (κ3) is 4.17. The summed E-state index contributed by atoms with van der Waals surface area (Å²) in [6.07, 6.45) is -3.57. The summed E-state index contributed by atoms with van der Waals surface area (Å²) >= 11 is 0. The van der Waals surface area contributed by atoms with Gasteiger partial charge < -0.3 is 0 Å². The molecule has 6 heteroatoms. The summed E-state index contributed by atoms with van der Waals surface area (Å²) in [5.74, 6) is -1.03. The van der Waals surface area contributed by atoms with E-state index >= 15 is 0 Å². The highest BCUT2D eigenvalue weighted by molar-refractivity contribution is 5.75. The topological polar surface area (TPSA) is 20.3 Å². The molecule has 0 aromatic rings. The van der Waals surface area contributed by atoms with Crippen molar-refractivity contribution in [1.29, 1.82) is 0 Å². The van der Waals surface area contributed by atoms with Crippen molar-refractivity contribution in [2.45, 2.75) is 13.2 Å². The average Bonchev–Trinajstić information content (AvgIpc) is 1.79. The monoisotopic (exact) mass is 199 g/mol. The van der Waals surface area contributed by atoms with Gasteiger partial charge in [-0.3, -0.25) is 9.69 Å². The maximum atomic E-state index is 11.8.